The second-order valence-electron chi connectivity index (χ2n) is 6.76. The normalized spacial score (nSPS) is 30.9. The summed E-state index contributed by atoms with van der Waals surface area (Å²) in [4.78, 5) is 0. The molecule has 3 unspecified atom stereocenters. The first kappa shape index (κ1) is 14.9. The number of hydrogen-bond donors (Lipinski definition) is 1. The molecule has 2 saturated carbocycles. The number of benzene rings is 1. The minimum absolute atomic E-state index is 0.378. The summed E-state index contributed by atoms with van der Waals surface area (Å²) in [6.45, 7) is 2.24. The van der Waals surface area contributed by atoms with E-state index >= 15 is 0 Å². The molecule has 116 valence electrons. The third kappa shape index (κ3) is 3.24. The highest BCUT2D eigenvalue weighted by Gasteiger charge is 2.42. The van der Waals surface area contributed by atoms with Crippen LogP contribution < -0.4 is 4.74 Å². The third-order valence-corrected chi connectivity index (χ3v) is 4.90. The maximum absolute atomic E-state index is 10.9. The van der Waals surface area contributed by atoms with Crippen molar-refractivity contribution in [2.75, 3.05) is 7.11 Å². The van der Waals surface area contributed by atoms with E-state index in [-0.39, 0.29) is 0 Å². The summed E-state index contributed by atoms with van der Waals surface area (Å²) in [6.07, 6.45) is 6.25. The number of rotatable bonds is 5. The zero-order valence-electron chi connectivity index (χ0n) is 13.0. The van der Waals surface area contributed by atoms with Gasteiger partial charge in [-0.3, -0.25) is 0 Å². The average molecular weight is 290 g/mol. The van der Waals surface area contributed by atoms with Gasteiger partial charge in [-0.2, -0.15) is 0 Å². The highest BCUT2D eigenvalue weighted by molar-refractivity contribution is 5.32. The van der Waals surface area contributed by atoms with Crippen molar-refractivity contribution in [2.45, 2.75) is 63.3 Å². The van der Waals surface area contributed by atoms with Gasteiger partial charge in [0.1, 0.15) is 11.9 Å². The van der Waals surface area contributed by atoms with E-state index in [2.05, 4.69) is 6.92 Å². The standard InChI is InChI=1S/C18H26O3/c1-13-5-4-10-18(12-13,20-2)17(19)14-6-3-7-16(11-14)21-15-8-9-15/h3,6-7,11,13,15,17,19H,4-5,8-10,12H2,1-2H3. The molecule has 0 bridgehead atoms. The molecule has 0 heterocycles. The Labute approximate surface area is 127 Å². The van der Waals surface area contributed by atoms with Crippen LogP contribution in [0, 0.1) is 5.92 Å². The molecule has 0 aliphatic heterocycles. The van der Waals surface area contributed by atoms with Crippen molar-refractivity contribution < 1.29 is 14.6 Å². The largest absolute Gasteiger partial charge is 0.490 e. The van der Waals surface area contributed by atoms with Gasteiger partial charge >= 0.3 is 0 Å². The van der Waals surface area contributed by atoms with E-state index in [4.69, 9.17) is 9.47 Å². The van der Waals surface area contributed by atoms with Gasteiger partial charge < -0.3 is 14.6 Å². The Hall–Kier alpha value is -1.06. The van der Waals surface area contributed by atoms with Crippen molar-refractivity contribution >= 4 is 0 Å². The van der Waals surface area contributed by atoms with E-state index in [0.717, 1.165) is 43.4 Å². The lowest BCUT2D eigenvalue weighted by atomic mass is 9.74. The maximum Gasteiger partial charge on any atom is 0.120 e. The van der Waals surface area contributed by atoms with Gasteiger partial charge in [0.05, 0.1) is 11.7 Å². The van der Waals surface area contributed by atoms with Gasteiger partial charge in [-0.05, 0) is 49.3 Å². The molecule has 0 saturated heterocycles. The number of aliphatic hydroxyl groups is 1. The van der Waals surface area contributed by atoms with Crippen LogP contribution in [0.2, 0.25) is 0 Å². The highest BCUT2D eigenvalue weighted by atomic mass is 16.5. The molecule has 0 spiro atoms. The van der Waals surface area contributed by atoms with Gasteiger partial charge in [-0.25, -0.2) is 0 Å². The molecule has 1 aromatic rings. The number of aliphatic hydroxyl groups excluding tert-OH is 1. The van der Waals surface area contributed by atoms with Crippen LogP contribution in [0.25, 0.3) is 0 Å². The van der Waals surface area contributed by atoms with Gasteiger partial charge in [0, 0.05) is 7.11 Å². The molecule has 0 aromatic heterocycles. The zero-order valence-corrected chi connectivity index (χ0v) is 13.0. The molecular formula is C18H26O3. The fraction of sp³-hybridized carbons (Fsp3) is 0.667. The summed E-state index contributed by atoms with van der Waals surface area (Å²) in [5, 5.41) is 10.9. The Morgan fingerprint density at radius 2 is 2.10 bits per heavy atom. The zero-order chi connectivity index (χ0) is 14.9. The van der Waals surface area contributed by atoms with E-state index in [9.17, 15) is 5.11 Å². The Bertz CT molecular complexity index is 483. The predicted molar refractivity (Wildman–Crippen MR) is 82.4 cm³/mol. The van der Waals surface area contributed by atoms with Crippen LogP contribution >= 0.6 is 0 Å². The van der Waals surface area contributed by atoms with Crippen LogP contribution in [-0.4, -0.2) is 23.9 Å². The molecule has 3 rings (SSSR count). The van der Waals surface area contributed by atoms with Crippen LogP contribution in [0.1, 0.15) is 57.1 Å². The number of methoxy groups -OCH3 is 1. The van der Waals surface area contributed by atoms with Crippen molar-refractivity contribution in [3.05, 3.63) is 29.8 Å². The van der Waals surface area contributed by atoms with Crippen LogP contribution in [0.3, 0.4) is 0 Å². The fourth-order valence-corrected chi connectivity index (χ4v) is 3.53. The molecule has 21 heavy (non-hydrogen) atoms. The van der Waals surface area contributed by atoms with Crippen molar-refractivity contribution in [3.8, 4) is 5.75 Å². The molecule has 2 fully saturated rings. The van der Waals surface area contributed by atoms with Crippen LogP contribution in [0.15, 0.2) is 24.3 Å². The Balaban J connectivity index is 1.80. The lowest BCUT2D eigenvalue weighted by Crippen LogP contribution is -2.42. The van der Waals surface area contributed by atoms with Gasteiger partial charge in [-0.1, -0.05) is 31.9 Å². The minimum atomic E-state index is -0.590. The van der Waals surface area contributed by atoms with E-state index in [1.165, 1.54) is 6.42 Å². The van der Waals surface area contributed by atoms with Gasteiger partial charge in [0.25, 0.3) is 0 Å². The molecule has 2 aliphatic rings. The first-order valence-electron chi connectivity index (χ1n) is 8.13. The Morgan fingerprint density at radius 1 is 1.29 bits per heavy atom. The Kier molecular flexibility index (Phi) is 4.23. The third-order valence-electron chi connectivity index (χ3n) is 4.90. The molecular weight excluding hydrogens is 264 g/mol. The fourth-order valence-electron chi connectivity index (χ4n) is 3.53. The molecule has 3 nitrogen and oxygen atoms in total. The van der Waals surface area contributed by atoms with E-state index in [1.807, 2.05) is 24.3 Å². The second kappa shape index (κ2) is 5.98. The summed E-state index contributed by atoms with van der Waals surface area (Å²) in [5.74, 6) is 1.46. The monoisotopic (exact) mass is 290 g/mol. The molecule has 0 radical (unpaired) electrons. The molecule has 0 amide bonds. The predicted octanol–water partition coefficient (Wildman–Crippen LogP) is 3.86. The first-order valence-corrected chi connectivity index (χ1v) is 8.13. The smallest absolute Gasteiger partial charge is 0.120 e. The van der Waals surface area contributed by atoms with Crippen molar-refractivity contribution in [1.82, 2.24) is 0 Å². The van der Waals surface area contributed by atoms with Crippen molar-refractivity contribution in [3.63, 3.8) is 0 Å². The van der Waals surface area contributed by atoms with Gasteiger partial charge in [-0.15, -0.1) is 0 Å². The van der Waals surface area contributed by atoms with Crippen molar-refractivity contribution in [2.24, 2.45) is 5.92 Å². The van der Waals surface area contributed by atoms with Gasteiger partial charge in [0.15, 0.2) is 0 Å². The van der Waals surface area contributed by atoms with Crippen LogP contribution in [0.4, 0.5) is 0 Å². The highest BCUT2D eigenvalue weighted by Crippen LogP contribution is 2.43. The summed E-state index contributed by atoms with van der Waals surface area (Å²) in [6, 6.07) is 7.89. The summed E-state index contributed by atoms with van der Waals surface area (Å²) < 4.78 is 11.6. The molecule has 3 atom stereocenters. The molecule has 1 aromatic carbocycles. The SMILES string of the molecule is COC1(C(O)c2cccc(OC3CC3)c2)CCCC(C)C1. The lowest BCUT2D eigenvalue weighted by Gasteiger charge is -2.42. The van der Waals surface area contributed by atoms with E-state index in [1.54, 1.807) is 7.11 Å². The average Bonchev–Trinajstić information content (AvgIpc) is 3.30. The second-order valence-corrected chi connectivity index (χ2v) is 6.76. The number of ether oxygens (including phenoxy) is 2. The van der Waals surface area contributed by atoms with Gasteiger partial charge in [0.2, 0.25) is 0 Å². The molecule has 2 aliphatic carbocycles. The number of hydrogen-bond acceptors (Lipinski definition) is 3. The maximum atomic E-state index is 10.9. The van der Waals surface area contributed by atoms with E-state index < -0.39 is 11.7 Å². The quantitative estimate of drug-likeness (QED) is 0.895. The topological polar surface area (TPSA) is 38.7 Å². The molecule has 1 N–H and O–H groups in total. The van der Waals surface area contributed by atoms with E-state index in [0.29, 0.717) is 12.0 Å². The van der Waals surface area contributed by atoms with Crippen LogP contribution in [-0.2, 0) is 4.74 Å². The van der Waals surface area contributed by atoms with Crippen molar-refractivity contribution in [1.29, 1.82) is 0 Å². The first-order chi connectivity index (χ1) is 10.1. The summed E-state index contributed by atoms with van der Waals surface area (Å²) >= 11 is 0. The minimum Gasteiger partial charge on any atom is -0.490 e. The Morgan fingerprint density at radius 3 is 2.76 bits per heavy atom. The lowest BCUT2D eigenvalue weighted by molar-refractivity contribution is -0.134. The summed E-state index contributed by atoms with van der Waals surface area (Å²) in [5.41, 5.74) is 0.458. The van der Waals surface area contributed by atoms with Crippen LogP contribution in [0.5, 0.6) is 5.75 Å². The molecule has 3 heteroatoms. The summed E-state index contributed by atoms with van der Waals surface area (Å²) in [7, 11) is 1.73.